The maximum absolute atomic E-state index is 12.0. The average Bonchev–Trinajstić information content (AvgIpc) is 3.03. The molecule has 0 aliphatic heterocycles. The molecule has 2 aromatic heterocycles. The van der Waals surface area contributed by atoms with Gasteiger partial charge in [0.2, 0.25) is 0 Å². The zero-order valence-electron chi connectivity index (χ0n) is 13.2. The zero-order valence-corrected chi connectivity index (χ0v) is 14.0. The van der Waals surface area contributed by atoms with Gasteiger partial charge in [-0.3, -0.25) is 14.8 Å². The van der Waals surface area contributed by atoms with Crippen LogP contribution in [0.25, 0.3) is 6.08 Å². The topological polar surface area (TPSA) is 60.1 Å². The van der Waals surface area contributed by atoms with Gasteiger partial charge in [0.25, 0.3) is 5.91 Å². The number of aromatic nitrogens is 3. The van der Waals surface area contributed by atoms with E-state index >= 15 is 0 Å². The largest absolute Gasteiger partial charge is 0.319 e. The van der Waals surface area contributed by atoms with Gasteiger partial charge >= 0.3 is 0 Å². The van der Waals surface area contributed by atoms with Crippen molar-refractivity contribution in [2.75, 3.05) is 0 Å². The van der Waals surface area contributed by atoms with Crippen LogP contribution in [-0.4, -0.2) is 20.4 Å². The van der Waals surface area contributed by atoms with E-state index in [4.69, 9.17) is 0 Å². The van der Waals surface area contributed by atoms with E-state index in [0.29, 0.717) is 17.0 Å². The molecule has 0 atom stereocenters. The van der Waals surface area contributed by atoms with E-state index in [0.717, 1.165) is 0 Å². The minimum Gasteiger partial charge on any atom is -0.319 e. The molecule has 1 aromatic carbocycles. The summed E-state index contributed by atoms with van der Waals surface area (Å²) in [6.07, 6.45) is 9.70. The lowest BCUT2D eigenvalue weighted by atomic mass is 10.1. The Morgan fingerprint density at radius 2 is 2.12 bits per heavy atom. The zero-order chi connectivity index (χ0) is 16.8. The van der Waals surface area contributed by atoms with Crippen LogP contribution < -0.4 is 4.80 Å². The minimum atomic E-state index is -0.319. The predicted octanol–water partition coefficient (Wildman–Crippen LogP) is 2.84. The fourth-order valence-corrected chi connectivity index (χ4v) is 2.82. The molecular formula is C18H16N4OS. The Balaban J connectivity index is 1.76. The molecule has 24 heavy (non-hydrogen) atoms. The summed E-state index contributed by atoms with van der Waals surface area (Å²) in [7, 11) is 0. The van der Waals surface area contributed by atoms with Gasteiger partial charge in [-0.25, -0.2) is 0 Å². The maximum atomic E-state index is 12.0. The van der Waals surface area contributed by atoms with Crippen LogP contribution in [0.3, 0.4) is 0 Å². The van der Waals surface area contributed by atoms with Crippen molar-refractivity contribution in [3.63, 3.8) is 0 Å². The molecule has 0 bridgehead atoms. The van der Waals surface area contributed by atoms with Crippen molar-refractivity contribution in [2.24, 2.45) is 4.99 Å². The van der Waals surface area contributed by atoms with Crippen molar-refractivity contribution >= 4 is 23.3 Å². The van der Waals surface area contributed by atoms with E-state index in [1.54, 1.807) is 24.7 Å². The third-order valence-electron chi connectivity index (χ3n) is 3.32. The van der Waals surface area contributed by atoms with Crippen LogP contribution in [0.4, 0.5) is 0 Å². The van der Waals surface area contributed by atoms with E-state index in [-0.39, 0.29) is 5.91 Å². The summed E-state index contributed by atoms with van der Waals surface area (Å²) in [6.45, 7) is 2.74. The number of aryl methyl sites for hydroxylation is 1. The van der Waals surface area contributed by atoms with E-state index in [1.165, 1.54) is 28.5 Å². The third-order valence-corrected chi connectivity index (χ3v) is 4.11. The standard InChI is InChI=1S/C18H16N4OS/c1-14-2-4-15(5-3-14)13-22-10-11-24-18(22)21-17(23)7-6-16-12-19-8-9-20-16/h2-12H,13H2,1H3/b7-6+,21-18?. The molecule has 0 fully saturated rings. The lowest BCUT2D eigenvalue weighted by molar-refractivity contribution is -0.113. The summed E-state index contributed by atoms with van der Waals surface area (Å²) in [5.41, 5.74) is 3.02. The molecule has 0 saturated carbocycles. The van der Waals surface area contributed by atoms with Gasteiger partial charge < -0.3 is 4.57 Å². The highest BCUT2D eigenvalue weighted by Crippen LogP contribution is 2.05. The SMILES string of the molecule is Cc1ccc(Cn2ccsc2=NC(=O)/C=C/c2cnccn2)cc1. The molecule has 0 spiro atoms. The van der Waals surface area contributed by atoms with Gasteiger partial charge in [0.1, 0.15) is 0 Å². The number of hydrogen-bond acceptors (Lipinski definition) is 4. The smallest absolute Gasteiger partial charge is 0.272 e. The number of rotatable bonds is 4. The molecule has 3 aromatic rings. The normalized spacial score (nSPS) is 12.0. The van der Waals surface area contributed by atoms with Crippen LogP contribution in [0, 0.1) is 6.92 Å². The van der Waals surface area contributed by atoms with Gasteiger partial charge in [-0.1, -0.05) is 29.8 Å². The van der Waals surface area contributed by atoms with Crippen LogP contribution in [0.5, 0.6) is 0 Å². The fourth-order valence-electron chi connectivity index (χ4n) is 2.08. The summed E-state index contributed by atoms with van der Waals surface area (Å²) in [5, 5.41) is 1.92. The Morgan fingerprint density at radius 1 is 1.29 bits per heavy atom. The molecular weight excluding hydrogens is 320 g/mol. The molecule has 0 radical (unpaired) electrons. The van der Waals surface area contributed by atoms with Gasteiger partial charge in [-0.05, 0) is 18.6 Å². The van der Waals surface area contributed by atoms with Gasteiger partial charge in [-0.15, -0.1) is 11.3 Å². The first kappa shape index (κ1) is 16.0. The number of benzene rings is 1. The summed E-state index contributed by atoms with van der Waals surface area (Å²) in [4.78, 5) is 24.9. The van der Waals surface area contributed by atoms with E-state index in [9.17, 15) is 4.79 Å². The summed E-state index contributed by atoms with van der Waals surface area (Å²) < 4.78 is 1.96. The number of thiazole rings is 1. The van der Waals surface area contributed by atoms with E-state index < -0.39 is 0 Å². The highest BCUT2D eigenvalue weighted by molar-refractivity contribution is 7.07. The minimum absolute atomic E-state index is 0.319. The summed E-state index contributed by atoms with van der Waals surface area (Å²) >= 11 is 1.44. The maximum Gasteiger partial charge on any atom is 0.272 e. The number of amides is 1. The first-order valence-corrected chi connectivity index (χ1v) is 8.31. The van der Waals surface area contributed by atoms with Crippen molar-refractivity contribution in [3.8, 4) is 0 Å². The van der Waals surface area contributed by atoms with Crippen LogP contribution in [-0.2, 0) is 11.3 Å². The van der Waals surface area contributed by atoms with Crippen molar-refractivity contribution in [1.29, 1.82) is 0 Å². The van der Waals surface area contributed by atoms with Crippen molar-refractivity contribution in [2.45, 2.75) is 13.5 Å². The molecule has 0 aliphatic carbocycles. The molecule has 3 rings (SSSR count). The molecule has 6 heteroatoms. The molecule has 1 amide bonds. The van der Waals surface area contributed by atoms with Crippen molar-refractivity contribution in [1.82, 2.24) is 14.5 Å². The highest BCUT2D eigenvalue weighted by Gasteiger charge is 2.00. The molecule has 0 N–H and O–H groups in total. The average molecular weight is 336 g/mol. The summed E-state index contributed by atoms with van der Waals surface area (Å²) in [6, 6.07) is 8.32. The van der Waals surface area contributed by atoms with E-state index in [1.807, 2.05) is 16.1 Å². The number of nitrogens with zero attached hydrogens (tertiary/aromatic N) is 4. The Morgan fingerprint density at radius 3 is 2.88 bits per heavy atom. The molecule has 5 nitrogen and oxygen atoms in total. The third kappa shape index (κ3) is 4.33. The quantitative estimate of drug-likeness (QED) is 0.688. The first-order chi connectivity index (χ1) is 11.7. The first-order valence-electron chi connectivity index (χ1n) is 7.43. The Hall–Kier alpha value is -2.86. The molecule has 120 valence electrons. The number of carbonyl (C=O) groups excluding carboxylic acids is 1. The number of hydrogen-bond donors (Lipinski definition) is 0. The number of carbonyl (C=O) groups is 1. The Bertz CT molecular complexity index is 908. The van der Waals surface area contributed by atoms with E-state index in [2.05, 4.69) is 46.1 Å². The molecule has 2 heterocycles. The second-order valence-electron chi connectivity index (χ2n) is 5.21. The molecule has 0 saturated heterocycles. The second-order valence-corrected chi connectivity index (χ2v) is 6.09. The van der Waals surface area contributed by atoms with Crippen LogP contribution >= 0.6 is 11.3 Å². The van der Waals surface area contributed by atoms with Crippen LogP contribution in [0.1, 0.15) is 16.8 Å². The van der Waals surface area contributed by atoms with Gasteiger partial charge in [0.15, 0.2) is 4.80 Å². The lowest BCUT2D eigenvalue weighted by Crippen LogP contribution is -2.16. The van der Waals surface area contributed by atoms with Gasteiger partial charge in [-0.2, -0.15) is 4.99 Å². The molecule has 0 aliphatic rings. The predicted molar refractivity (Wildman–Crippen MR) is 94.2 cm³/mol. The lowest BCUT2D eigenvalue weighted by Gasteiger charge is -2.03. The van der Waals surface area contributed by atoms with Crippen molar-refractivity contribution in [3.05, 3.63) is 82.1 Å². The highest BCUT2D eigenvalue weighted by atomic mass is 32.1. The van der Waals surface area contributed by atoms with Crippen LogP contribution in [0.2, 0.25) is 0 Å². The Labute approximate surface area is 143 Å². The van der Waals surface area contributed by atoms with Crippen LogP contribution in [0.15, 0.2) is 65.5 Å². The second kappa shape index (κ2) is 7.61. The van der Waals surface area contributed by atoms with Gasteiger partial charge in [0, 0.05) is 36.6 Å². The molecule has 0 unspecified atom stereocenters. The fraction of sp³-hybridized carbons (Fsp3) is 0.111. The monoisotopic (exact) mass is 336 g/mol. The van der Waals surface area contributed by atoms with Crippen molar-refractivity contribution < 1.29 is 4.79 Å². The Kier molecular flexibility index (Phi) is 5.08. The summed E-state index contributed by atoms with van der Waals surface area (Å²) in [5.74, 6) is -0.319. The van der Waals surface area contributed by atoms with Gasteiger partial charge in [0.05, 0.1) is 11.9 Å².